The molecule has 23 heavy (non-hydrogen) atoms. The predicted octanol–water partition coefficient (Wildman–Crippen LogP) is 4.45. The Morgan fingerprint density at radius 1 is 1.13 bits per heavy atom. The van der Waals surface area contributed by atoms with Crippen LogP contribution < -0.4 is 5.32 Å². The van der Waals surface area contributed by atoms with Gasteiger partial charge in [0, 0.05) is 17.1 Å². The standard InChI is InChI=1S/C18H21N3S2/c22-18-20-16(14-9-4-5-11-19-14)17(15-10-6-12-23-15)21(18)13-7-2-1-3-8-13/h4-6,9-13,16-17H,1-3,7-8H2,(H,20,22)/t16-,17-/m1/s1. The quantitative estimate of drug-likeness (QED) is 0.834. The average Bonchev–Trinajstić information content (AvgIpc) is 3.24. The molecular weight excluding hydrogens is 322 g/mol. The van der Waals surface area contributed by atoms with Crippen LogP contribution >= 0.6 is 23.6 Å². The van der Waals surface area contributed by atoms with Crippen molar-refractivity contribution < 1.29 is 0 Å². The van der Waals surface area contributed by atoms with Gasteiger partial charge in [-0.3, -0.25) is 4.98 Å². The molecule has 2 aliphatic rings. The molecule has 0 amide bonds. The van der Waals surface area contributed by atoms with Crippen LogP contribution in [-0.2, 0) is 0 Å². The van der Waals surface area contributed by atoms with Crippen molar-refractivity contribution in [1.82, 2.24) is 15.2 Å². The maximum Gasteiger partial charge on any atom is 0.170 e. The highest BCUT2D eigenvalue weighted by molar-refractivity contribution is 7.80. The van der Waals surface area contributed by atoms with Gasteiger partial charge in [-0.15, -0.1) is 11.3 Å². The van der Waals surface area contributed by atoms with Gasteiger partial charge in [0.05, 0.1) is 17.8 Å². The SMILES string of the molecule is S=C1N[C@H](c2ccccn2)[C@@H](c2cccs2)N1C1CCCCC1. The normalized spacial score (nSPS) is 25.6. The summed E-state index contributed by atoms with van der Waals surface area (Å²) in [5.41, 5.74) is 1.08. The number of nitrogens with zero attached hydrogens (tertiary/aromatic N) is 2. The summed E-state index contributed by atoms with van der Waals surface area (Å²) in [7, 11) is 0. The number of thiophene rings is 1. The number of thiocarbonyl (C=S) groups is 1. The lowest BCUT2D eigenvalue weighted by Crippen LogP contribution is -2.40. The third-order valence-corrected chi connectivity index (χ3v) is 6.21. The van der Waals surface area contributed by atoms with E-state index in [1.807, 2.05) is 23.6 Å². The summed E-state index contributed by atoms with van der Waals surface area (Å²) < 4.78 is 0. The van der Waals surface area contributed by atoms with Crippen molar-refractivity contribution >= 4 is 28.7 Å². The molecule has 0 spiro atoms. The molecule has 2 aromatic rings. The highest BCUT2D eigenvalue weighted by atomic mass is 32.1. The van der Waals surface area contributed by atoms with E-state index >= 15 is 0 Å². The minimum absolute atomic E-state index is 0.143. The second kappa shape index (κ2) is 6.57. The van der Waals surface area contributed by atoms with Crippen LogP contribution in [0.1, 0.15) is 54.8 Å². The molecule has 2 fully saturated rings. The molecule has 0 radical (unpaired) electrons. The van der Waals surface area contributed by atoms with Gasteiger partial charge in [0.2, 0.25) is 0 Å². The Labute approximate surface area is 146 Å². The van der Waals surface area contributed by atoms with Gasteiger partial charge < -0.3 is 10.2 Å². The molecular formula is C18H21N3S2. The van der Waals surface area contributed by atoms with Gasteiger partial charge in [0.15, 0.2) is 5.11 Å². The first kappa shape index (κ1) is 15.1. The smallest absolute Gasteiger partial charge is 0.170 e. The van der Waals surface area contributed by atoms with Crippen molar-refractivity contribution in [2.24, 2.45) is 0 Å². The van der Waals surface area contributed by atoms with E-state index in [2.05, 4.69) is 44.8 Å². The predicted molar refractivity (Wildman–Crippen MR) is 98.5 cm³/mol. The summed E-state index contributed by atoms with van der Waals surface area (Å²) in [6, 6.07) is 11.5. The first-order chi connectivity index (χ1) is 11.3. The van der Waals surface area contributed by atoms with E-state index in [9.17, 15) is 0 Å². The Morgan fingerprint density at radius 2 is 2.00 bits per heavy atom. The first-order valence-electron chi connectivity index (χ1n) is 8.38. The molecule has 3 nitrogen and oxygen atoms in total. The zero-order chi connectivity index (χ0) is 15.6. The van der Waals surface area contributed by atoms with E-state index in [-0.39, 0.29) is 12.1 Å². The molecule has 1 aliphatic heterocycles. The molecule has 4 rings (SSSR count). The fourth-order valence-electron chi connectivity index (χ4n) is 3.88. The topological polar surface area (TPSA) is 28.2 Å². The van der Waals surface area contributed by atoms with Crippen molar-refractivity contribution in [1.29, 1.82) is 0 Å². The highest BCUT2D eigenvalue weighted by Crippen LogP contribution is 2.43. The Balaban J connectivity index is 1.71. The van der Waals surface area contributed by atoms with E-state index in [4.69, 9.17) is 12.2 Å². The number of pyridine rings is 1. The van der Waals surface area contributed by atoms with E-state index in [0.29, 0.717) is 6.04 Å². The summed E-state index contributed by atoms with van der Waals surface area (Å²) in [5, 5.41) is 6.61. The maximum atomic E-state index is 5.74. The minimum atomic E-state index is 0.143. The van der Waals surface area contributed by atoms with Crippen molar-refractivity contribution in [2.75, 3.05) is 0 Å². The summed E-state index contributed by atoms with van der Waals surface area (Å²) in [6.07, 6.45) is 8.36. The number of hydrogen-bond acceptors (Lipinski definition) is 3. The Bertz CT molecular complexity index is 650. The molecule has 5 heteroatoms. The van der Waals surface area contributed by atoms with Crippen LogP contribution in [0.2, 0.25) is 0 Å². The van der Waals surface area contributed by atoms with Gasteiger partial charge in [-0.1, -0.05) is 31.4 Å². The van der Waals surface area contributed by atoms with Gasteiger partial charge in [0.1, 0.15) is 0 Å². The van der Waals surface area contributed by atoms with Crippen molar-refractivity contribution in [3.05, 3.63) is 52.5 Å². The molecule has 3 heterocycles. The number of nitrogens with one attached hydrogen (secondary N) is 1. The van der Waals surface area contributed by atoms with E-state index in [0.717, 1.165) is 10.8 Å². The lowest BCUT2D eigenvalue weighted by Gasteiger charge is -2.36. The van der Waals surface area contributed by atoms with Gasteiger partial charge in [-0.25, -0.2) is 0 Å². The molecule has 120 valence electrons. The zero-order valence-electron chi connectivity index (χ0n) is 13.0. The molecule has 1 saturated heterocycles. The monoisotopic (exact) mass is 343 g/mol. The molecule has 1 N–H and O–H groups in total. The second-order valence-electron chi connectivity index (χ2n) is 6.34. The summed E-state index contributed by atoms with van der Waals surface area (Å²) in [6.45, 7) is 0. The molecule has 2 atom stereocenters. The highest BCUT2D eigenvalue weighted by Gasteiger charge is 2.43. The minimum Gasteiger partial charge on any atom is -0.352 e. The fraction of sp³-hybridized carbons (Fsp3) is 0.444. The molecule has 2 aromatic heterocycles. The van der Waals surface area contributed by atoms with Crippen LogP contribution in [0.25, 0.3) is 0 Å². The van der Waals surface area contributed by atoms with Gasteiger partial charge in [-0.2, -0.15) is 0 Å². The third kappa shape index (κ3) is 2.88. The largest absolute Gasteiger partial charge is 0.352 e. The third-order valence-electron chi connectivity index (χ3n) is 4.94. The first-order valence-corrected chi connectivity index (χ1v) is 9.66. The molecule has 1 saturated carbocycles. The lowest BCUT2D eigenvalue weighted by atomic mass is 9.92. The van der Waals surface area contributed by atoms with Crippen molar-refractivity contribution in [2.45, 2.75) is 50.2 Å². The Kier molecular flexibility index (Phi) is 4.31. The van der Waals surface area contributed by atoms with Crippen molar-refractivity contribution in [3.63, 3.8) is 0 Å². The van der Waals surface area contributed by atoms with E-state index in [1.54, 1.807) is 0 Å². The van der Waals surface area contributed by atoms with Gasteiger partial charge >= 0.3 is 0 Å². The van der Waals surface area contributed by atoms with Crippen LogP contribution in [0.3, 0.4) is 0 Å². The van der Waals surface area contributed by atoms with E-state index < -0.39 is 0 Å². The Morgan fingerprint density at radius 3 is 2.70 bits per heavy atom. The van der Waals surface area contributed by atoms with Crippen LogP contribution in [-0.4, -0.2) is 21.0 Å². The molecule has 0 aromatic carbocycles. The molecule has 0 bridgehead atoms. The summed E-state index contributed by atoms with van der Waals surface area (Å²) in [4.78, 5) is 8.44. The fourth-order valence-corrected chi connectivity index (χ4v) is 5.13. The maximum absolute atomic E-state index is 5.74. The molecule has 0 unspecified atom stereocenters. The van der Waals surface area contributed by atoms with Gasteiger partial charge in [0.25, 0.3) is 0 Å². The van der Waals surface area contributed by atoms with Crippen molar-refractivity contribution in [3.8, 4) is 0 Å². The number of rotatable bonds is 3. The second-order valence-corrected chi connectivity index (χ2v) is 7.71. The van der Waals surface area contributed by atoms with Crippen LogP contribution in [0, 0.1) is 0 Å². The van der Waals surface area contributed by atoms with E-state index in [1.165, 1.54) is 37.0 Å². The summed E-state index contributed by atoms with van der Waals surface area (Å²) >= 11 is 7.56. The van der Waals surface area contributed by atoms with Crippen LogP contribution in [0.5, 0.6) is 0 Å². The van der Waals surface area contributed by atoms with Crippen LogP contribution in [0.4, 0.5) is 0 Å². The average molecular weight is 344 g/mol. The van der Waals surface area contributed by atoms with Crippen LogP contribution in [0.15, 0.2) is 41.9 Å². The number of hydrogen-bond donors (Lipinski definition) is 1. The lowest BCUT2D eigenvalue weighted by molar-refractivity contribution is 0.199. The zero-order valence-corrected chi connectivity index (χ0v) is 14.7. The summed E-state index contributed by atoms with van der Waals surface area (Å²) in [5.74, 6) is 0. The Hall–Kier alpha value is -1.46. The van der Waals surface area contributed by atoms with Gasteiger partial charge in [-0.05, 0) is 48.6 Å². The number of aromatic nitrogens is 1. The molecule has 1 aliphatic carbocycles.